The molecule has 0 aromatic heterocycles. The van der Waals surface area contributed by atoms with Gasteiger partial charge in [0, 0.05) is 24.9 Å². The van der Waals surface area contributed by atoms with Crippen molar-refractivity contribution in [3.05, 3.63) is 65.7 Å². The van der Waals surface area contributed by atoms with Gasteiger partial charge in [-0.25, -0.2) is 0 Å². The smallest absolute Gasteiger partial charge is 0.124 e. The molecule has 1 saturated heterocycles. The van der Waals surface area contributed by atoms with Gasteiger partial charge in [0.2, 0.25) is 0 Å². The highest BCUT2D eigenvalue weighted by Gasteiger charge is 2.27. The Morgan fingerprint density at radius 2 is 1.71 bits per heavy atom. The van der Waals surface area contributed by atoms with Crippen molar-refractivity contribution in [1.29, 1.82) is 0 Å². The van der Waals surface area contributed by atoms with Crippen molar-refractivity contribution >= 4 is 6.21 Å². The first-order chi connectivity index (χ1) is 11.8. The number of nitrogens with zero attached hydrogens (tertiary/aromatic N) is 2. The molecule has 1 aliphatic rings. The van der Waals surface area contributed by atoms with Crippen molar-refractivity contribution in [2.75, 3.05) is 26.3 Å². The third kappa shape index (κ3) is 4.02. The molecule has 4 heteroatoms. The molecule has 1 aliphatic heterocycles. The molecule has 1 fully saturated rings. The van der Waals surface area contributed by atoms with Crippen LogP contribution in [-0.4, -0.2) is 48.6 Å². The van der Waals surface area contributed by atoms with Crippen molar-refractivity contribution in [2.45, 2.75) is 19.0 Å². The van der Waals surface area contributed by atoms with Crippen LogP contribution in [0.15, 0.2) is 59.6 Å². The zero-order valence-corrected chi connectivity index (χ0v) is 14.0. The fourth-order valence-corrected chi connectivity index (χ4v) is 3.18. The lowest BCUT2D eigenvalue weighted by Crippen LogP contribution is -2.42. The minimum Gasteiger partial charge on any atom is -0.507 e. The van der Waals surface area contributed by atoms with Gasteiger partial charge >= 0.3 is 0 Å². The minimum atomic E-state index is 0.0742. The van der Waals surface area contributed by atoms with Crippen molar-refractivity contribution in [3.63, 3.8) is 0 Å². The summed E-state index contributed by atoms with van der Waals surface area (Å²) in [6.07, 6.45) is 1.77. The molecule has 2 aromatic carbocycles. The first kappa shape index (κ1) is 16.7. The summed E-state index contributed by atoms with van der Waals surface area (Å²) in [6.45, 7) is 5.48. The number of para-hydroxylation sites is 1. The summed E-state index contributed by atoms with van der Waals surface area (Å²) in [6, 6.07) is 18.1. The van der Waals surface area contributed by atoms with Gasteiger partial charge in [0.1, 0.15) is 5.75 Å². The highest BCUT2D eigenvalue weighted by Crippen LogP contribution is 2.27. The standard InChI is InChI=1S/C20H24N2O2/c1-16(21-15-18-9-5-6-10-19(18)23)20(17-7-3-2-4-8-17)22-11-13-24-14-12-22/h2-10,15-16,20,23H,11-14H2,1H3/t16-,20-/m0/s1. The maximum absolute atomic E-state index is 9.91. The van der Waals surface area contributed by atoms with Crippen molar-refractivity contribution in [3.8, 4) is 5.75 Å². The summed E-state index contributed by atoms with van der Waals surface area (Å²) in [5, 5.41) is 9.91. The van der Waals surface area contributed by atoms with Gasteiger partial charge in [0.25, 0.3) is 0 Å². The number of aliphatic imine (C=N–C) groups is 1. The summed E-state index contributed by atoms with van der Waals surface area (Å²) in [5.41, 5.74) is 2.01. The Morgan fingerprint density at radius 3 is 2.42 bits per heavy atom. The first-order valence-corrected chi connectivity index (χ1v) is 8.43. The third-order valence-corrected chi connectivity index (χ3v) is 4.42. The number of ether oxygens (including phenoxy) is 1. The van der Waals surface area contributed by atoms with Gasteiger partial charge in [-0.15, -0.1) is 0 Å². The second-order valence-corrected chi connectivity index (χ2v) is 6.08. The molecule has 24 heavy (non-hydrogen) atoms. The molecule has 126 valence electrons. The molecule has 0 bridgehead atoms. The molecule has 0 saturated carbocycles. The molecular weight excluding hydrogens is 300 g/mol. The normalized spacial score (nSPS) is 18.5. The lowest BCUT2D eigenvalue weighted by atomic mass is 9.98. The van der Waals surface area contributed by atoms with E-state index in [4.69, 9.17) is 9.73 Å². The summed E-state index contributed by atoms with van der Waals surface area (Å²) in [7, 11) is 0. The number of morpholine rings is 1. The number of phenolic OH excluding ortho intramolecular Hbond substituents is 1. The van der Waals surface area contributed by atoms with Crippen LogP contribution in [0.3, 0.4) is 0 Å². The van der Waals surface area contributed by atoms with E-state index in [2.05, 4.69) is 36.1 Å². The summed E-state index contributed by atoms with van der Waals surface area (Å²) in [5.74, 6) is 0.260. The number of phenols is 1. The molecule has 0 unspecified atom stereocenters. The Hall–Kier alpha value is -2.17. The summed E-state index contributed by atoms with van der Waals surface area (Å²) >= 11 is 0. The average Bonchev–Trinajstić information content (AvgIpc) is 2.63. The maximum Gasteiger partial charge on any atom is 0.124 e. The SMILES string of the molecule is C[C@H](N=Cc1ccccc1O)[C@@H](c1ccccc1)N1CCOCC1. The molecule has 3 rings (SSSR count). The van der Waals surface area contributed by atoms with E-state index in [9.17, 15) is 5.11 Å². The number of benzene rings is 2. The van der Waals surface area contributed by atoms with E-state index >= 15 is 0 Å². The Balaban J connectivity index is 1.83. The number of hydrogen-bond donors (Lipinski definition) is 1. The van der Waals surface area contributed by atoms with E-state index in [-0.39, 0.29) is 17.8 Å². The largest absolute Gasteiger partial charge is 0.507 e. The molecule has 0 spiro atoms. The number of rotatable bonds is 5. The van der Waals surface area contributed by atoms with Crippen molar-refractivity contribution in [2.24, 2.45) is 4.99 Å². The third-order valence-electron chi connectivity index (χ3n) is 4.42. The predicted octanol–water partition coefficient (Wildman–Crippen LogP) is 3.27. The molecule has 2 atom stereocenters. The van der Waals surface area contributed by atoms with Gasteiger partial charge < -0.3 is 9.84 Å². The van der Waals surface area contributed by atoms with Crippen molar-refractivity contribution in [1.82, 2.24) is 4.90 Å². The number of hydrogen-bond acceptors (Lipinski definition) is 4. The lowest BCUT2D eigenvalue weighted by Gasteiger charge is -2.37. The van der Waals surface area contributed by atoms with Crippen LogP contribution < -0.4 is 0 Å². The molecule has 4 nitrogen and oxygen atoms in total. The van der Waals surface area contributed by atoms with E-state index in [0.717, 1.165) is 31.9 Å². The van der Waals surface area contributed by atoms with E-state index in [1.54, 1.807) is 12.3 Å². The van der Waals surface area contributed by atoms with E-state index in [1.807, 2.05) is 24.3 Å². The molecule has 0 aliphatic carbocycles. The monoisotopic (exact) mass is 324 g/mol. The van der Waals surface area contributed by atoms with Crippen LogP contribution in [0.2, 0.25) is 0 Å². The second kappa shape index (κ2) is 8.08. The van der Waals surface area contributed by atoms with Gasteiger partial charge in [-0.05, 0) is 24.6 Å². The van der Waals surface area contributed by atoms with Crippen molar-refractivity contribution < 1.29 is 9.84 Å². The van der Waals surface area contributed by atoms with Gasteiger partial charge in [-0.1, -0.05) is 42.5 Å². The van der Waals surface area contributed by atoms with Gasteiger partial charge in [0.05, 0.1) is 25.3 Å². The zero-order chi connectivity index (χ0) is 16.8. The summed E-state index contributed by atoms with van der Waals surface area (Å²) in [4.78, 5) is 7.18. The molecule has 0 radical (unpaired) electrons. The van der Waals surface area contributed by atoms with Crippen LogP contribution in [-0.2, 0) is 4.74 Å². The van der Waals surface area contributed by atoms with E-state index in [0.29, 0.717) is 0 Å². The van der Waals surface area contributed by atoms with Crippen LogP contribution in [0.4, 0.5) is 0 Å². The van der Waals surface area contributed by atoms with Crippen LogP contribution in [0.5, 0.6) is 5.75 Å². The lowest BCUT2D eigenvalue weighted by molar-refractivity contribution is 0.0119. The average molecular weight is 324 g/mol. The predicted molar refractivity (Wildman–Crippen MR) is 96.7 cm³/mol. The van der Waals surface area contributed by atoms with Gasteiger partial charge in [-0.3, -0.25) is 9.89 Å². The van der Waals surface area contributed by atoms with Crippen LogP contribution in [0, 0.1) is 0 Å². The quantitative estimate of drug-likeness (QED) is 0.859. The minimum absolute atomic E-state index is 0.0742. The van der Waals surface area contributed by atoms with Gasteiger partial charge in [-0.2, -0.15) is 0 Å². The van der Waals surface area contributed by atoms with Crippen LogP contribution in [0.25, 0.3) is 0 Å². The Bertz CT molecular complexity index is 666. The molecule has 1 N–H and O–H groups in total. The Morgan fingerprint density at radius 1 is 1.04 bits per heavy atom. The number of aromatic hydroxyl groups is 1. The van der Waals surface area contributed by atoms with E-state index in [1.165, 1.54) is 5.56 Å². The maximum atomic E-state index is 9.91. The highest BCUT2D eigenvalue weighted by atomic mass is 16.5. The Kier molecular flexibility index (Phi) is 5.62. The fourth-order valence-electron chi connectivity index (χ4n) is 3.18. The van der Waals surface area contributed by atoms with Gasteiger partial charge in [0.15, 0.2) is 0 Å². The Labute approximate surface area is 143 Å². The molecular formula is C20H24N2O2. The zero-order valence-electron chi connectivity index (χ0n) is 14.0. The van der Waals surface area contributed by atoms with Crippen LogP contribution in [0.1, 0.15) is 24.1 Å². The van der Waals surface area contributed by atoms with Crippen LogP contribution >= 0.6 is 0 Å². The fraction of sp³-hybridized carbons (Fsp3) is 0.350. The molecule has 2 aromatic rings. The highest BCUT2D eigenvalue weighted by molar-refractivity contribution is 5.83. The van der Waals surface area contributed by atoms with E-state index < -0.39 is 0 Å². The molecule has 0 amide bonds. The first-order valence-electron chi connectivity index (χ1n) is 8.43. The topological polar surface area (TPSA) is 45.1 Å². The summed E-state index contributed by atoms with van der Waals surface area (Å²) < 4.78 is 5.50. The molecule has 1 heterocycles. The second-order valence-electron chi connectivity index (χ2n) is 6.08.